The van der Waals surface area contributed by atoms with Gasteiger partial charge in [-0.15, -0.1) is 0 Å². The standard InChI is InChI=1S/C12H23N5O2/c1-13-12(15-10-11-4-6-16-17-11)14-5-3-7-19-9-8-18-2/h4,6H,3,5,7-10H2,1-2H3,(H,16,17)(H2,13,14,15). The molecular weight excluding hydrogens is 246 g/mol. The van der Waals surface area contributed by atoms with Crippen LogP contribution in [0.25, 0.3) is 0 Å². The van der Waals surface area contributed by atoms with Crippen LogP contribution in [-0.4, -0.2) is 56.7 Å². The molecule has 0 bridgehead atoms. The average Bonchev–Trinajstić information content (AvgIpc) is 2.94. The lowest BCUT2D eigenvalue weighted by Gasteiger charge is -2.11. The average molecular weight is 269 g/mol. The summed E-state index contributed by atoms with van der Waals surface area (Å²) in [5.74, 6) is 0.770. The van der Waals surface area contributed by atoms with Gasteiger partial charge in [0.1, 0.15) is 0 Å². The molecular formula is C12H23N5O2. The number of guanidine groups is 1. The van der Waals surface area contributed by atoms with E-state index < -0.39 is 0 Å². The van der Waals surface area contributed by atoms with Crippen LogP contribution in [0.4, 0.5) is 0 Å². The normalized spacial score (nSPS) is 11.6. The van der Waals surface area contributed by atoms with Crippen molar-refractivity contribution in [1.82, 2.24) is 20.8 Å². The molecule has 0 aromatic carbocycles. The Morgan fingerprint density at radius 1 is 1.37 bits per heavy atom. The lowest BCUT2D eigenvalue weighted by Crippen LogP contribution is -2.37. The molecule has 7 heteroatoms. The maximum atomic E-state index is 5.37. The molecule has 3 N–H and O–H groups in total. The summed E-state index contributed by atoms with van der Waals surface area (Å²) >= 11 is 0. The highest BCUT2D eigenvalue weighted by Gasteiger charge is 1.98. The first-order valence-electron chi connectivity index (χ1n) is 6.36. The highest BCUT2D eigenvalue weighted by molar-refractivity contribution is 5.79. The van der Waals surface area contributed by atoms with E-state index in [1.54, 1.807) is 20.4 Å². The summed E-state index contributed by atoms with van der Waals surface area (Å²) in [6, 6.07) is 1.92. The Labute approximate surface area is 113 Å². The number of aromatic amines is 1. The van der Waals surface area contributed by atoms with Crippen LogP contribution >= 0.6 is 0 Å². The molecule has 0 saturated heterocycles. The summed E-state index contributed by atoms with van der Waals surface area (Å²) in [6.45, 7) is 3.48. The molecule has 1 heterocycles. The van der Waals surface area contributed by atoms with Gasteiger partial charge in [0.25, 0.3) is 0 Å². The number of rotatable bonds is 9. The Hall–Kier alpha value is -1.60. The second-order valence-electron chi connectivity index (χ2n) is 3.89. The Bertz CT molecular complexity index is 340. The summed E-state index contributed by atoms with van der Waals surface area (Å²) in [4.78, 5) is 4.13. The lowest BCUT2D eigenvalue weighted by atomic mass is 10.4. The fourth-order valence-electron chi connectivity index (χ4n) is 1.41. The number of aromatic nitrogens is 2. The summed E-state index contributed by atoms with van der Waals surface area (Å²) in [7, 11) is 3.41. The largest absolute Gasteiger partial charge is 0.382 e. The Morgan fingerprint density at radius 2 is 2.26 bits per heavy atom. The van der Waals surface area contributed by atoms with Crippen LogP contribution in [0.2, 0.25) is 0 Å². The number of hydrogen-bond acceptors (Lipinski definition) is 4. The predicted molar refractivity (Wildman–Crippen MR) is 74.1 cm³/mol. The molecule has 0 fully saturated rings. The van der Waals surface area contributed by atoms with Crippen molar-refractivity contribution in [2.45, 2.75) is 13.0 Å². The summed E-state index contributed by atoms with van der Waals surface area (Å²) in [6.07, 6.45) is 2.65. The molecule has 0 spiro atoms. The predicted octanol–water partition coefficient (Wildman–Crippen LogP) is 0.128. The Kier molecular flexibility index (Phi) is 8.41. The van der Waals surface area contributed by atoms with Crippen LogP contribution in [0, 0.1) is 0 Å². The quantitative estimate of drug-likeness (QED) is 0.337. The Morgan fingerprint density at radius 3 is 2.95 bits per heavy atom. The summed E-state index contributed by atoms with van der Waals surface area (Å²) in [5.41, 5.74) is 1.02. The van der Waals surface area contributed by atoms with E-state index in [2.05, 4.69) is 25.8 Å². The fourth-order valence-corrected chi connectivity index (χ4v) is 1.41. The van der Waals surface area contributed by atoms with E-state index in [4.69, 9.17) is 9.47 Å². The van der Waals surface area contributed by atoms with Crippen molar-refractivity contribution in [2.75, 3.05) is 40.5 Å². The van der Waals surface area contributed by atoms with E-state index in [9.17, 15) is 0 Å². The number of methoxy groups -OCH3 is 1. The van der Waals surface area contributed by atoms with Gasteiger partial charge in [-0.1, -0.05) is 0 Å². The number of nitrogens with zero attached hydrogens (tertiary/aromatic N) is 2. The van der Waals surface area contributed by atoms with E-state index in [-0.39, 0.29) is 0 Å². The van der Waals surface area contributed by atoms with Gasteiger partial charge in [0.15, 0.2) is 5.96 Å². The van der Waals surface area contributed by atoms with Crippen LogP contribution in [-0.2, 0) is 16.0 Å². The third kappa shape index (κ3) is 7.43. The first-order chi connectivity index (χ1) is 9.36. The third-order valence-electron chi connectivity index (χ3n) is 2.42. The molecule has 0 aliphatic heterocycles. The van der Waals surface area contributed by atoms with Crippen molar-refractivity contribution < 1.29 is 9.47 Å². The zero-order valence-corrected chi connectivity index (χ0v) is 11.6. The van der Waals surface area contributed by atoms with E-state index in [0.717, 1.165) is 24.6 Å². The van der Waals surface area contributed by atoms with Crippen molar-refractivity contribution in [2.24, 2.45) is 4.99 Å². The van der Waals surface area contributed by atoms with Crippen LogP contribution < -0.4 is 10.6 Å². The van der Waals surface area contributed by atoms with Gasteiger partial charge in [-0.25, -0.2) is 0 Å². The van der Waals surface area contributed by atoms with E-state index in [0.29, 0.717) is 26.4 Å². The minimum Gasteiger partial charge on any atom is -0.382 e. The van der Waals surface area contributed by atoms with Crippen molar-refractivity contribution >= 4 is 5.96 Å². The van der Waals surface area contributed by atoms with Gasteiger partial charge in [-0.05, 0) is 12.5 Å². The lowest BCUT2D eigenvalue weighted by molar-refractivity contribution is 0.0698. The monoisotopic (exact) mass is 269 g/mol. The second-order valence-corrected chi connectivity index (χ2v) is 3.89. The van der Waals surface area contributed by atoms with Crippen molar-refractivity contribution in [1.29, 1.82) is 0 Å². The van der Waals surface area contributed by atoms with Crippen LogP contribution in [0.3, 0.4) is 0 Å². The fraction of sp³-hybridized carbons (Fsp3) is 0.667. The number of hydrogen-bond donors (Lipinski definition) is 3. The van der Waals surface area contributed by atoms with E-state index in [1.165, 1.54) is 0 Å². The minimum absolute atomic E-state index is 0.640. The van der Waals surface area contributed by atoms with Gasteiger partial charge in [0.2, 0.25) is 0 Å². The number of H-pyrrole nitrogens is 1. The van der Waals surface area contributed by atoms with Gasteiger partial charge >= 0.3 is 0 Å². The first-order valence-corrected chi connectivity index (χ1v) is 6.36. The second kappa shape index (κ2) is 10.3. The molecule has 1 aromatic heterocycles. The molecule has 0 unspecified atom stereocenters. The van der Waals surface area contributed by atoms with E-state index >= 15 is 0 Å². The third-order valence-corrected chi connectivity index (χ3v) is 2.42. The van der Waals surface area contributed by atoms with Crippen LogP contribution in [0.15, 0.2) is 17.3 Å². The highest BCUT2D eigenvalue weighted by atomic mass is 16.5. The molecule has 0 atom stereocenters. The maximum absolute atomic E-state index is 5.37. The smallest absolute Gasteiger partial charge is 0.191 e. The molecule has 0 amide bonds. The van der Waals surface area contributed by atoms with Gasteiger partial charge in [0.05, 0.1) is 25.5 Å². The van der Waals surface area contributed by atoms with Crippen LogP contribution in [0.5, 0.6) is 0 Å². The van der Waals surface area contributed by atoms with Crippen molar-refractivity contribution in [3.05, 3.63) is 18.0 Å². The van der Waals surface area contributed by atoms with Crippen molar-refractivity contribution in [3.8, 4) is 0 Å². The SMILES string of the molecule is CN=C(NCCCOCCOC)NCc1ccn[nH]1. The van der Waals surface area contributed by atoms with Crippen molar-refractivity contribution in [3.63, 3.8) is 0 Å². The molecule has 0 aliphatic rings. The van der Waals surface area contributed by atoms with Crippen LogP contribution in [0.1, 0.15) is 12.1 Å². The molecule has 0 aliphatic carbocycles. The van der Waals surface area contributed by atoms with Gasteiger partial charge < -0.3 is 20.1 Å². The minimum atomic E-state index is 0.640. The Balaban J connectivity index is 2.02. The summed E-state index contributed by atoms with van der Waals surface area (Å²) < 4.78 is 10.3. The van der Waals surface area contributed by atoms with Gasteiger partial charge in [0, 0.05) is 33.5 Å². The first kappa shape index (κ1) is 15.5. The highest BCUT2D eigenvalue weighted by Crippen LogP contribution is 1.89. The molecule has 19 heavy (non-hydrogen) atoms. The zero-order chi connectivity index (χ0) is 13.8. The van der Waals surface area contributed by atoms with Gasteiger partial charge in [-0.3, -0.25) is 10.1 Å². The molecule has 1 rings (SSSR count). The molecule has 108 valence electrons. The topological polar surface area (TPSA) is 83.6 Å². The summed E-state index contributed by atoms with van der Waals surface area (Å²) in [5, 5.41) is 13.2. The zero-order valence-electron chi connectivity index (χ0n) is 11.6. The molecule has 7 nitrogen and oxygen atoms in total. The maximum Gasteiger partial charge on any atom is 0.191 e. The van der Waals surface area contributed by atoms with Gasteiger partial charge in [-0.2, -0.15) is 5.10 Å². The number of nitrogens with one attached hydrogen (secondary N) is 3. The number of aliphatic imine (C=N–C) groups is 1. The van der Waals surface area contributed by atoms with E-state index in [1.807, 2.05) is 6.07 Å². The molecule has 0 radical (unpaired) electrons. The molecule has 1 aromatic rings. The molecule has 0 saturated carbocycles. The number of ether oxygens (including phenoxy) is 2.